The minimum atomic E-state index is -0.376. The fourth-order valence-corrected chi connectivity index (χ4v) is 1.78. The first-order chi connectivity index (χ1) is 9.63. The monoisotopic (exact) mass is 268 g/mol. The van der Waals surface area contributed by atoms with E-state index in [1.807, 2.05) is 38.1 Å². The minimum absolute atomic E-state index is 0.335. The molecule has 0 heterocycles. The SMILES string of the molecule is C=C/C=C\C(=C/C)C(=C)OC(=O)c1ccccc1CC. The van der Waals surface area contributed by atoms with Gasteiger partial charge in [-0.25, -0.2) is 4.79 Å². The van der Waals surface area contributed by atoms with Crippen LogP contribution < -0.4 is 0 Å². The van der Waals surface area contributed by atoms with Crippen molar-refractivity contribution in [3.63, 3.8) is 0 Å². The molecule has 1 rings (SSSR count). The van der Waals surface area contributed by atoms with E-state index in [1.165, 1.54) is 0 Å². The predicted octanol–water partition coefficient (Wildman–Crippen LogP) is 4.61. The Hall–Kier alpha value is -2.35. The highest BCUT2D eigenvalue weighted by Crippen LogP contribution is 2.17. The van der Waals surface area contributed by atoms with Crippen LogP contribution >= 0.6 is 0 Å². The lowest BCUT2D eigenvalue weighted by molar-refractivity contribution is 0.0634. The summed E-state index contributed by atoms with van der Waals surface area (Å²) in [5.41, 5.74) is 2.31. The van der Waals surface area contributed by atoms with Crippen LogP contribution in [0.25, 0.3) is 0 Å². The Morgan fingerprint density at radius 3 is 2.65 bits per heavy atom. The Kier molecular flexibility index (Phi) is 6.24. The van der Waals surface area contributed by atoms with Crippen LogP contribution in [0.2, 0.25) is 0 Å². The molecule has 0 aliphatic heterocycles. The number of ether oxygens (including phenoxy) is 1. The van der Waals surface area contributed by atoms with Gasteiger partial charge in [-0.1, -0.05) is 62.6 Å². The maximum Gasteiger partial charge on any atom is 0.343 e. The van der Waals surface area contributed by atoms with Crippen molar-refractivity contribution in [1.82, 2.24) is 0 Å². The third-order valence-corrected chi connectivity index (χ3v) is 2.88. The standard InChI is InChI=1S/C18H20O2/c1-5-8-11-15(6-2)14(4)20-18(19)17-13-10-9-12-16(17)7-3/h5-6,8-13H,1,4,7H2,2-3H3/b11-8-,15-6+. The van der Waals surface area contributed by atoms with Crippen molar-refractivity contribution in [3.05, 3.63) is 84.2 Å². The summed E-state index contributed by atoms with van der Waals surface area (Å²) in [6, 6.07) is 7.43. The number of carbonyl (C=O) groups is 1. The smallest absolute Gasteiger partial charge is 0.343 e. The number of aryl methyl sites for hydroxylation is 1. The van der Waals surface area contributed by atoms with E-state index >= 15 is 0 Å². The van der Waals surface area contributed by atoms with Crippen molar-refractivity contribution >= 4 is 5.97 Å². The van der Waals surface area contributed by atoms with Crippen LogP contribution in [0.1, 0.15) is 29.8 Å². The summed E-state index contributed by atoms with van der Waals surface area (Å²) in [5.74, 6) is -0.0414. The van der Waals surface area contributed by atoms with Gasteiger partial charge < -0.3 is 4.74 Å². The van der Waals surface area contributed by atoms with Crippen LogP contribution in [-0.4, -0.2) is 5.97 Å². The Labute approximate surface area is 120 Å². The highest BCUT2D eigenvalue weighted by Gasteiger charge is 2.13. The molecular formula is C18H20O2. The van der Waals surface area contributed by atoms with Gasteiger partial charge in [-0.15, -0.1) is 0 Å². The molecule has 0 radical (unpaired) electrons. The van der Waals surface area contributed by atoms with E-state index < -0.39 is 0 Å². The molecule has 1 aromatic rings. The van der Waals surface area contributed by atoms with Gasteiger partial charge in [0.05, 0.1) is 5.56 Å². The second-order valence-corrected chi connectivity index (χ2v) is 4.16. The van der Waals surface area contributed by atoms with Gasteiger partial charge >= 0.3 is 5.97 Å². The van der Waals surface area contributed by atoms with Gasteiger partial charge in [-0.2, -0.15) is 0 Å². The van der Waals surface area contributed by atoms with E-state index in [0.717, 1.165) is 17.6 Å². The molecule has 0 aliphatic carbocycles. The summed E-state index contributed by atoms with van der Waals surface area (Å²) in [6.45, 7) is 11.3. The second-order valence-electron chi connectivity index (χ2n) is 4.16. The summed E-state index contributed by atoms with van der Waals surface area (Å²) in [5, 5.41) is 0. The van der Waals surface area contributed by atoms with E-state index in [0.29, 0.717) is 11.3 Å². The zero-order valence-corrected chi connectivity index (χ0v) is 12.1. The number of hydrogen-bond donors (Lipinski definition) is 0. The van der Waals surface area contributed by atoms with Gasteiger partial charge in [-0.3, -0.25) is 0 Å². The summed E-state index contributed by atoms with van der Waals surface area (Å²) in [7, 11) is 0. The van der Waals surface area contributed by atoms with Crippen LogP contribution in [0.15, 0.2) is 73.1 Å². The zero-order valence-electron chi connectivity index (χ0n) is 12.1. The first-order valence-electron chi connectivity index (χ1n) is 6.58. The molecule has 1 aromatic carbocycles. The topological polar surface area (TPSA) is 26.3 Å². The molecule has 0 unspecified atom stereocenters. The van der Waals surface area contributed by atoms with E-state index in [4.69, 9.17) is 4.74 Å². The fourth-order valence-electron chi connectivity index (χ4n) is 1.78. The number of allylic oxidation sites excluding steroid dienone is 4. The van der Waals surface area contributed by atoms with Crippen LogP contribution in [0, 0.1) is 0 Å². The first-order valence-corrected chi connectivity index (χ1v) is 6.58. The molecule has 0 aliphatic rings. The van der Waals surface area contributed by atoms with E-state index in [2.05, 4.69) is 13.2 Å². The summed E-state index contributed by atoms with van der Waals surface area (Å²) in [4.78, 5) is 12.2. The van der Waals surface area contributed by atoms with Crippen molar-refractivity contribution in [2.45, 2.75) is 20.3 Å². The van der Waals surface area contributed by atoms with Gasteiger partial charge in [0.2, 0.25) is 0 Å². The average Bonchev–Trinajstić information content (AvgIpc) is 2.47. The molecule has 0 bridgehead atoms. The first kappa shape index (κ1) is 15.7. The largest absolute Gasteiger partial charge is 0.423 e. The second kappa shape index (κ2) is 7.95. The highest BCUT2D eigenvalue weighted by atomic mass is 16.5. The van der Waals surface area contributed by atoms with E-state index in [1.54, 1.807) is 24.3 Å². The van der Waals surface area contributed by atoms with E-state index in [9.17, 15) is 4.79 Å². The molecule has 0 atom stereocenters. The lowest BCUT2D eigenvalue weighted by atomic mass is 10.1. The van der Waals surface area contributed by atoms with Crippen molar-refractivity contribution in [2.75, 3.05) is 0 Å². The number of benzene rings is 1. The number of carbonyl (C=O) groups excluding carboxylic acids is 1. The number of rotatable bonds is 6. The maximum absolute atomic E-state index is 12.2. The maximum atomic E-state index is 12.2. The van der Waals surface area contributed by atoms with Crippen LogP contribution in [0.5, 0.6) is 0 Å². The molecule has 0 spiro atoms. The fraction of sp³-hybridized carbons (Fsp3) is 0.167. The summed E-state index contributed by atoms with van der Waals surface area (Å²) < 4.78 is 5.34. The Balaban J connectivity index is 2.87. The molecule has 0 amide bonds. The lowest BCUT2D eigenvalue weighted by Crippen LogP contribution is -2.08. The molecule has 0 N–H and O–H groups in total. The highest BCUT2D eigenvalue weighted by molar-refractivity contribution is 5.92. The molecule has 0 fully saturated rings. The summed E-state index contributed by atoms with van der Waals surface area (Å²) in [6.07, 6.45) is 7.85. The van der Waals surface area contributed by atoms with Crippen molar-refractivity contribution < 1.29 is 9.53 Å². The molecule has 104 valence electrons. The van der Waals surface area contributed by atoms with Gasteiger partial charge in [0.15, 0.2) is 0 Å². The molecule has 2 heteroatoms. The van der Waals surface area contributed by atoms with Gasteiger partial charge in [0.1, 0.15) is 5.76 Å². The van der Waals surface area contributed by atoms with Crippen LogP contribution in [0.4, 0.5) is 0 Å². The van der Waals surface area contributed by atoms with Crippen molar-refractivity contribution in [2.24, 2.45) is 0 Å². The van der Waals surface area contributed by atoms with Gasteiger partial charge in [-0.05, 0) is 25.0 Å². The molecule has 0 saturated carbocycles. The Bertz CT molecular complexity index is 563. The molecule has 0 aromatic heterocycles. The minimum Gasteiger partial charge on any atom is -0.423 e. The quantitative estimate of drug-likeness (QED) is 0.428. The van der Waals surface area contributed by atoms with Crippen LogP contribution in [0.3, 0.4) is 0 Å². The summed E-state index contributed by atoms with van der Waals surface area (Å²) >= 11 is 0. The lowest BCUT2D eigenvalue weighted by Gasteiger charge is -2.10. The Morgan fingerprint density at radius 1 is 1.35 bits per heavy atom. The normalized spacial score (nSPS) is 11.4. The molecule has 2 nitrogen and oxygen atoms in total. The van der Waals surface area contributed by atoms with Gasteiger partial charge in [0.25, 0.3) is 0 Å². The third kappa shape index (κ3) is 4.09. The Morgan fingerprint density at radius 2 is 2.05 bits per heavy atom. The number of hydrogen-bond acceptors (Lipinski definition) is 2. The van der Waals surface area contributed by atoms with Crippen molar-refractivity contribution in [3.8, 4) is 0 Å². The van der Waals surface area contributed by atoms with Crippen LogP contribution in [-0.2, 0) is 11.2 Å². The third-order valence-electron chi connectivity index (χ3n) is 2.88. The average molecular weight is 268 g/mol. The molecule has 0 saturated heterocycles. The molecule has 20 heavy (non-hydrogen) atoms. The predicted molar refractivity (Wildman–Crippen MR) is 83.5 cm³/mol. The van der Waals surface area contributed by atoms with Gasteiger partial charge in [0, 0.05) is 5.57 Å². The van der Waals surface area contributed by atoms with Crippen molar-refractivity contribution in [1.29, 1.82) is 0 Å². The van der Waals surface area contributed by atoms with E-state index in [-0.39, 0.29) is 5.97 Å². The number of esters is 1. The zero-order chi connectivity index (χ0) is 15.0. The molecular weight excluding hydrogens is 248 g/mol.